The molecule has 3 heteroatoms. The zero-order chi connectivity index (χ0) is 13.5. The van der Waals surface area contributed by atoms with E-state index >= 15 is 0 Å². The Balaban J connectivity index is 1.82. The van der Waals surface area contributed by atoms with Gasteiger partial charge in [0.1, 0.15) is 0 Å². The number of nitrogens with zero attached hydrogens (tertiary/aromatic N) is 1. The first-order chi connectivity index (χ1) is 9.10. The van der Waals surface area contributed by atoms with E-state index < -0.39 is 0 Å². The molecule has 0 bridgehead atoms. The molecule has 0 unspecified atom stereocenters. The van der Waals surface area contributed by atoms with Gasteiger partial charge in [0, 0.05) is 18.7 Å². The van der Waals surface area contributed by atoms with E-state index in [9.17, 15) is 4.79 Å². The summed E-state index contributed by atoms with van der Waals surface area (Å²) in [5.41, 5.74) is 2.33. The average Bonchev–Trinajstić information content (AvgIpc) is 3.00. The zero-order valence-electron chi connectivity index (χ0n) is 11.4. The van der Waals surface area contributed by atoms with E-state index in [-0.39, 0.29) is 5.78 Å². The van der Waals surface area contributed by atoms with Gasteiger partial charge in [0.25, 0.3) is 0 Å². The lowest BCUT2D eigenvalue weighted by molar-refractivity contribution is 0.101. The topological polar surface area (TPSA) is 20.3 Å². The van der Waals surface area contributed by atoms with Crippen LogP contribution in [0.1, 0.15) is 49.4 Å². The number of hydrogen-bond acceptors (Lipinski definition) is 2. The summed E-state index contributed by atoms with van der Waals surface area (Å²) in [7, 11) is 0. The normalized spacial score (nSPS) is 21.3. The molecule has 0 radical (unpaired) electrons. The van der Waals surface area contributed by atoms with Crippen molar-refractivity contribution in [2.24, 2.45) is 5.41 Å². The number of anilines is 1. The highest BCUT2D eigenvalue weighted by Crippen LogP contribution is 2.47. The number of ketones is 1. The molecular formula is C16H20ClNO. The van der Waals surface area contributed by atoms with Crippen molar-refractivity contribution in [1.29, 1.82) is 0 Å². The number of halogens is 1. The minimum Gasteiger partial charge on any atom is -0.370 e. The summed E-state index contributed by atoms with van der Waals surface area (Å²) in [5, 5.41) is 0.711. The van der Waals surface area contributed by atoms with Gasteiger partial charge in [0.2, 0.25) is 0 Å². The molecule has 3 rings (SSSR count). The molecule has 1 spiro atoms. The summed E-state index contributed by atoms with van der Waals surface area (Å²) in [6.07, 6.45) is 6.78. The van der Waals surface area contributed by atoms with Crippen LogP contribution in [0.5, 0.6) is 0 Å². The molecule has 0 aromatic heterocycles. The lowest BCUT2D eigenvalue weighted by Crippen LogP contribution is -2.25. The quantitative estimate of drug-likeness (QED) is 0.751. The van der Waals surface area contributed by atoms with Crippen LogP contribution >= 0.6 is 11.6 Å². The van der Waals surface area contributed by atoms with Gasteiger partial charge in [-0.1, -0.05) is 24.4 Å². The smallest absolute Gasteiger partial charge is 0.159 e. The first kappa shape index (κ1) is 13.0. The van der Waals surface area contributed by atoms with E-state index in [0.29, 0.717) is 16.0 Å². The number of carbonyl (C=O) groups excluding carboxylic acids is 1. The van der Waals surface area contributed by atoms with E-state index in [1.807, 2.05) is 12.1 Å². The Morgan fingerprint density at radius 1 is 1.26 bits per heavy atom. The fourth-order valence-corrected chi connectivity index (χ4v) is 3.96. The molecule has 1 saturated carbocycles. The second kappa shape index (κ2) is 4.82. The third kappa shape index (κ3) is 2.38. The van der Waals surface area contributed by atoms with Crippen molar-refractivity contribution < 1.29 is 4.79 Å². The SMILES string of the molecule is CC(=O)c1ccc(N2CCC3(CCCC3)C2)c(Cl)c1. The van der Waals surface area contributed by atoms with Gasteiger partial charge in [0.15, 0.2) is 5.78 Å². The molecule has 0 amide bonds. The van der Waals surface area contributed by atoms with Crippen LogP contribution in [-0.2, 0) is 0 Å². The van der Waals surface area contributed by atoms with Crippen molar-refractivity contribution in [3.8, 4) is 0 Å². The summed E-state index contributed by atoms with van der Waals surface area (Å²) in [6.45, 7) is 3.81. The van der Waals surface area contributed by atoms with Crippen LogP contribution in [0.2, 0.25) is 5.02 Å². The van der Waals surface area contributed by atoms with E-state index in [1.165, 1.54) is 32.1 Å². The highest BCUT2D eigenvalue weighted by atomic mass is 35.5. The van der Waals surface area contributed by atoms with Crippen molar-refractivity contribution in [2.45, 2.75) is 39.0 Å². The molecule has 2 nitrogen and oxygen atoms in total. The van der Waals surface area contributed by atoms with Crippen LogP contribution in [0.15, 0.2) is 18.2 Å². The molecule has 1 aromatic rings. The Labute approximate surface area is 119 Å². The van der Waals surface area contributed by atoms with Gasteiger partial charge in [-0.05, 0) is 49.8 Å². The lowest BCUT2D eigenvalue weighted by atomic mass is 9.86. The highest BCUT2D eigenvalue weighted by molar-refractivity contribution is 6.33. The maximum atomic E-state index is 11.4. The predicted molar refractivity (Wildman–Crippen MR) is 79.2 cm³/mol. The Morgan fingerprint density at radius 3 is 2.63 bits per heavy atom. The average molecular weight is 278 g/mol. The first-order valence-electron chi connectivity index (χ1n) is 7.15. The van der Waals surface area contributed by atoms with Gasteiger partial charge in [-0.2, -0.15) is 0 Å². The maximum Gasteiger partial charge on any atom is 0.159 e. The molecule has 0 N–H and O–H groups in total. The standard InChI is InChI=1S/C16H20ClNO/c1-12(19)13-4-5-15(14(17)10-13)18-9-8-16(11-18)6-2-3-7-16/h4-5,10H,2-3,6-9,11H2,1H3. The fraction of sp³-hybridized carbons (Fsp3) is 0.562. The van der Waals surface area contributed by atoms with E-state index in [4.69, 9.17) is 11.6 Å². The Morgan fingerprint density at radius 2 is 2.00 bits per heavy atom. The fourth-order valence-electron chi connectivity index (χ4n) is 3.66. The number of benzene rings is 1. The highest BCUT2D eigenvalue weighted by Gasteiger charge is 2.40. The first-order valence-corrected chi connectivity index (χ1v) is 7.53. The summed E-state index contributed by atoms with van der Waals surface area (Å²) >= 11 is 6.35. The van der Waals surface area contributed by atoms with Crippen LogP contribution in [0, 0.1) is 5.41 Å². The van der Waals surface area contributed by atoms with E-state index in [1.54, 1.807) is 13.0 Å². The number of rotatable bonds is 2. The molecule has 1 saturated heterocycles. The summed E-state index contributed by atoms with van der Waals surface area (Å²) in [6, 6.07) is 5.70. The van der Waals surface area contributed by atoms with Crippen LogP contribution in [0.4, 0.5) is 5.69 Å². The summed E-state index contributed by atoms with van der Waals surface area (Å²) < 4.78 is 0. The predicted octanol–water partition coefficient (Wildman–Crippen LogP) is 4.31. The zero-order valence-corrected chi connectivity index (χ0v) is 12.2. The van der Waals surface area contributed by atoms with Crippen molar-refractivity contribution in [3.05, 3.63) is 28.8 Å². The molecule has 2 aliphatic rings. The maximum absolute atomic E-state index is 11.4. The van der Waals surface area contributed by atoms with Gasteiger partial charge in [-0.15, -0.1) is 0 Å². The Hall–Kier alpha value is -1.02. The van der Waals surface area contributed by atoms with Crippen LogP contribution < -0.4 is 4.90 Å². The minimum absolute atomic E-state index is 0.0714. The van der Waals surface area contributed by atoms with Crippen molar-refractivity contribution >= 4 is 23.1 Å². The second-order valence-electron chi connectivity index (χ2n) is 6.10. The largest absolute Gasteiger partial charge is 0.370 e. The summed E-state index contributed by atoms with van der Waals surface area (Å²) in [5.74, 6) is 0.0714. The van der Waals surface area contributed by atoms with Gasteiger partial charge >= 0.3 is 0 Å². The van der Waals surface area contributed by atoms with Crippen molar-refractivity contribution in [3.63, 3.8) is 0 Å². The molecule has 102 valence electrons. The number of carbonyl (C=O) groups is 1. The van der Waals surface area contributed by atoms with Crippen molar-refractivity contribution in [2.75, 3.05) is 18.0 Å². The third-order valence-electron chi connectivity index (χ3n) is 4.80. The van der Waals surface area contributed by atoms with E-state index in [0.717, 1.165) is 18.8 Å². The minimum atomic E-state index is 0.0714. The Kier molecular flexibility index (Phi) is 3.30. The number of Topliss-reactive ketones (excluding diaryl/α,β-unsaturated/α-hetero) is 1. The van der Waals surface area contributed by atoms with Crippen LogP contribution in [-0.4, -0.2) is 18.9 Å². The van der Waals surface area contributed by atoms with Crippen LogP contribution in [0.3, 0.4) is 0 Å². The van der Waals surface area contributed by atoms with Gasteiger partial charge < -0.3 is 4.90 Å². The van der Waals surface area contributed by atoms with Gasteiger partial charge in [-0.3, -0.25) is 4.79 Å². The molecule has 1 aliphatic carbocycles. The molecule has 0 atom stereocenters. The molecule has 1 aliphatic heterocycles. The molecule has 1 heterocycles. The lowest BCUT2D eigenvalue weighted by Gasteiger charge is -2.25. The van der Waals surface area contributed by atoms with E-state index in [2.05, 4.69) is 4.90 Å². The number of hydrogen-bond donors (Lipinski definition) is 0. The second-order valence-corrected chi connectivity index (χ2v) is 6.51. The third-order valence-corrected chi connectivity index (χ3v) is 5.10. The summed E-state index contributed by atoms with van der Waals surface area (Å²) in [4.78, 5) is 13.8. The van der Waals surface area contributed by atoms with Gasteiger partial charge in [-0.25, -0.2) is 0 Å². The van der Waals surface area contributed by atoms with Gasteiger partial charge in [0.05, 0.1) is 10.7 Å². The van der Waals surface area contributed by atoms with Crippen LogP contribution in [0.25, 0.3) is 0 Å². The molecule has 2 fully saturated rings. The Bertz CT molecular complexity index is 505. The molecular weight excluding hydrogens is 258 g/mol. The molecule has 1 aromatic carbocycles. The monoisotopic (exact) mass is 277 g/mol. The molecule has 19 heavy (non-hydrogen) atoms. The van der Waals surface area contributed by atoms with Crippen molar-refractivity contribution in [1.82, 2.24) is 0 Å².